The number of amides is 2. The SMILES string of the molecule is CC(C)OC(=O)N[C@@H](CNC(=O)c1ccc(OCCNC2=NCCCCC2)cc1O)C(=O)O. The van der Waals surface area contributed by atoms with Crippen LogP contribution in [-0.4, -0.2) is 72.4 Å². The maximum Gasteiger partial charge on any atom is 0.408 e. The predicted molar refractivity (Wildman–Crippen MR) is 121 cm³/mol. The fourth-order valence-electron chi connectivity index (χ4n) is 3.06. The lowest BCUT2D eigenvalue weighted by molar-refractivity contribution is -0.139. The molecule has 0 radical (unpaired) electrons. The molecule has 0 fully saturated rings. The van der Waals surface area contributed by atoms with Gasteiger partial charge in [-0.25, -0.2) is 9.59 Å². The molecule has 5 N–H and O–H groups in total. The molecule has 1 aliphatic heterocycles. The normalized spacial score (nSPS) is 14.5. The highest BCUT2D eigenvalue weighted by atomic mass is 16.6. The highest BCUT2D eigenvalue weighted by molar-refractivity contribution is 5.97. The van der Waals surface area contributed by atoms with E-state index in [1.54, 1.807) is 13.8 Å². The fraction of sp³-hybridized carbons (Fsp3) is 0.545. The third-order valence-electron chi connectivity index (χ3n) is 4.69. The quantitative estimate of drug-likeness (QED) is 0.327. The second kappa shape index (κ2) is 13.1. The summed E-state index contributed by atoms with van der Waals surface area (Å²) < 4.78 is 10.4. The first-order valence-corrected chi connectivity index (χ1v) is 11.0. The molecule has 2 rings (SSSR count). The number of ether oxygens (including phenoxy) is 2. The van der Waals surface area contributed by atoms with Crippen LogP contribution in [0.5, 0.6) is 11.5 Å². The monoisotopic (exact) mass is 464 g/mol. The topological polar surface area (TPSA) is 159 Å². The molecule has 33 heavy (non-hydrogen) atoms. The lowest BCUT2D eigenvalue weighted by atomic mass is 10.1. The average Bonchev–Trinajstić information content (AvgIpc) is 3.02. The number of nitrogens with zero attached hydrogens (tertiary/aromatic N) is 1. The van der Waals surface area contributed by atoms with Crippen molar-refractivity contribution in [1.82, 2.24) is 16.0 Å². The summed E-state index contributed by atoms with van der Waals surface area (Å²) in [5.41, 5.74) is -0.0535. The van der Waals surface area contributed by atoms with Crippen LogP contribution in [0, 0.1) is 0 Å². The number of amidine groups is 1. The number of carboxylic acid groups (broad SMARTS) is 1. The first-order chi connectivity index (χ1) is 15.8. The van der Waals surface area contributed by atoms with E-state index in [1.165, 1.54) is 24.6 Å². The van der Waals surface area contributed by atoms with E-state index in [-0.39, 0.29) is 11.3 Å². The van der Waals surface area contributed by atoms with Crippen LogP contribution in [-0.2, 0) is 9.53 Å². The number of aliphatic imine (C=N–C) groups is 1. The lowest BCUT2D eigenvalue weighted by Gasteiger charge is -2.17. The largest absolute Gasteiger partial charge is 0.507 e. The Morgan fingerprint density at radius 1 is 1.18 bits per heavy atom. The summed E-state index contributed by atoms with van der Waals surface area (Å²) in [6, 6.07) is 2.82. The molecule has 1 heterocycles. The van der Waals surface area contributed by atoms with Crippen molar-refractivity contribution in [3.05, 3.63) is 23.8 Å². The van der Waals surface area contributed by atoms with E-state index in [9.17, 15) is 24.6 Å². The summed E-state index contributed by atoms with van der Waals surface area (Å²) in [5.74, 6) is -0.984. The molecule has 1 atom stereocenters. The van der Waals surface area contributed by atoms with Crippen molar-refractivity contribution >= 4 is 23.8 Å². The van der Waals surface area contributed by atoms with Crippen molar-refractivity contribution in [2.45, 2.75) is 51.7 Å². The Bertz CT molecular complexity index is 857. The molecule has 0 saturated carbocycles. The van der Waals surface area contributed by atoms with E-state index in [1.807, 2.05) is 0 Å². The number of benzene rings is 1. The molecule has 1 aromatic rings. The second-order valence-corrected chi connectivity index (χ2v) is 7.79. The Balaban J connectivity index is 1.82. The van der Waals surface area contributed by atoms with Crippen molar-refractivity contribution < 1.29 is 34.1 Å². The van der Waals surface area contributed by atoms with Crippen molar-refractivity contribution in [1.29, 1.82) is 0 Å². The molecule has 1 aliphatic rings. The van der Waals surface area contributed by atoms with Crippen LogP contribution in [0.3, 0.4) is 0 Å². The van der Waals surface area contributed by atoms with Crippen LogP contribution in [0.2, 0.25) is 0 Å². The van der Waals surface area contributed by atoms with Crippen LogP contribution < -0.4 is 20.7 Å². The standard InChI is InChI=1S/C22H32N4O7/c1-14(2)33-22(31)26-17(21(29)30)13-25-20(28)16-8-7-15(12-18(16)27)32-11-10-24-19-6-4-3-5-9-23-19/h7-8,12,14,17,27H,3-6,9-11,13H2,1-2H3,(H,23,24)(H,25,28)(H,26,31)(H,29,30)/t17-/m0/s1. The van der Waals surface area contributed by atoms with E-state index in [0.717, 1.165) is 31.6 Å². The third-order valence-corrected chi connectivity index (χ3v) is 4.69. The van der Waals surface area contributed by atoms with Gasteiger partial charge in [-0.05, 0) is 38.8 Å². The molecule has 0 aromatic heterocycles. The van der Waals surface area contributed by atoms with Gasteiger partial charge in [0, 0.05) is 25.6 Å². The summed E-state index contributed by atoms with van der Waals surface area (Å²) in [6.45, 7) is 4.60. The molecule has 0 spiro atoms. The van der Waals surface area contributed by atoms with Gasteiger partial charge in [0.2, 0.25) is 0 Å². The van der Waals surface area contributed by atoms with Crippen molar-refractivity contribution in [3.63, 3.8) is 0 Å². The zero-order valence-corrected chi connectivity index (χ0v) is 18.9. The number of carboxylic acids is 1. The predicted octanol–water partition coefficient (Wildman–Crippen LogP) is 1.65. The smallest absolute Gasteiger partial charge is 0.408 e. The minimum absolute atomic E-state index is 0.0535. The summed E-state index contributed by atoms with van der Waals surface area (Å²) in [5, 5.41) is 27.2. The number of aromatic hydroxyl groups is 1. The van der Waals surface area contributed by atoms with Crippen LogP contribution in [0.15, 0.2) is 23.2 Å². The number of aliphatic carboxylic acids is 1. The number of carbonyl (C=O) groups is 3. The van der Waals surface area contributed by atoms with E-state index in [2.05, 4.69) is 20.9 Å². The van der Waals surface area contributed by atoms with Crippen molar-refractivity contribution in [2.75, 3.05) is 26.2 Å². The average molecular weight is 465 g/mol. The first kappa shape index (κ1) is 25.8. The number of nitrogens with one attached hydrogen (secondary N) is 3. The van der Waals surface area contributed by atoms with Crippen LogP contribution >= 0.6 is 0 Å². The maximum absolute atomic E-state index is 12.4. The molecular formula is C22H32N4O7. The Morgan fingerprint density at radius 3 is 2.67 bits per heavy atom. The number of hydrogen-bond donors (Lipinski definition) is 5. The summed E-state index contributed by atoms with van der Waals surface area (Å²) in [6.07, 6.45) is 3.02. The number of hydrogen-bond acceptors (Lipinski definition) is 8. The number of carbonyl (C=O) groups excluding carboxylic acids is 2. The van der Waals surface area contributed by atoms with Gasteiger partial charge in [0.1, 0.15) is 24.1 Å². The van der Waals surface area contributed by atoms with E-state index in [4.69, 9.17) is 9.47 Å². The number of phenolic OH excluding ortho intramolecular Hbond substituents is 1. The molecule has 182 valence electrons. The highest BCUT2D eigenvalue weighted by Crippen LogP contribution is 2.23. The first-order valence-electron chi connectivity index (χ1n) is 11.0. The zero-order valence-electron chi connectivity index (χ0n) is 18.9. The Hall–Kier alpha value is -3.50. The van der Waals surface area contributed by atoms with Gasteiger partial charge in [-0.1, -0.05) is 6.42 Å². The van der Waals surface area contributed by atoms with Gasteiger partial charge in [-0.15, -0.1) is 0 Å². The minimum Gasteiger partial charge on any atom is -0.507 e. The van der Waals surface area contributed by atoms with Gasteiger partial charge in [0.15, 0.2) is 0 Å². The summed E-state index contributed by atoms with van der Waals surface area (Å²) in [7, 11) is 0. The van der Waals surface area contributed by atoms with E-state index >= 15 is 0 Å². The van der Waals surface area contributed by atoms with E-state index in [0.29, 0.717) is 18.9 Å². The minimum atomic E-state index is -1.39. The number of phenols is 1. The Morgan fingerprint density at radius 2 is 1.97 bits per heavy atom. The molecule has 1 aromatic carbocycles. The number of alkyl carbamates (subject to hydrolysis) is 1. The van der Waals surface area contributed by atoms with Gasteiger partial charge in [-0.2, -0.15) is 0 Å². The molecule has 0 bridgehead atoms. The van der Waals surface area contributed by atoms with Gasteiger partial charge in [-0.3, -0.25) is 9.79 Å². The van der Waals surface area contributed by atoms with Crippen molar-refractivity contribution in [2.24, 2.45) is 4.99 Å². The Kier molecular flexibility index (Phi) is 10.3. The van der Waals surface area contributed by atoms with Crippen LogP contribution in [0.1, 0.15) is 49.9 Å². The summed E-state index contributed by atoms with van der Waals surface area (Å²) >= 11 is 0. The van der Waals surface area contributed by atoms with Gasteiger partial charge < -0.3 is 35.6 Å². The maximum atomic E-state index is 12.4. The summed E-state index contributed by atoms with van der Waals surface area (Å²) in [4.78, 5) is 39.8. The lowest BCUT2D eigenvalue weighted by Crippen LogP contribution is -2.48. The Labute approximate surface area is 192 Å². The van der Waals surface area contributed by atoms with E-state index < -0.39 is 36.7 Å². The van der Waals surface area contributed by atoms with Crippen LogP contribution in [0.4, 0.5) is 4.79 Å². The molecule has 0 aliphatic carbocycles. The molecule has 11 heteroatoms. The molecule has 11 nitrogen and oxygen atoms in total. The van der Waals surface area contributed by atoms with Gasteiger partial charge in [0.25, 0.3) is 5.91 Å². The van der Waals surface area contributed by atoms with Crippen LogP contribution in [0.25, 0.3) is 0 Å². The highest BCUT2D eigenvalue weighted by Gasteiger charge is 2.23. The zero-order chi connectivity index (χ0) is 24.2. The fourth-order valence-corrected chi connectivity index (χ4v) is 3.06. The van der Waals surface area contributed by atoms with Crippen molar-refractivity contribution in [3.8, 4) is 11.5 Å². The third kappa shape index (κ3) is 9.26. The molecule has 0 unspecified atom stereocenters. The molecule has 2 amide bonds. The van der Waals surface area contributed by atoms with Gasteiger partial charge >= 0.3 is 12.1 Å². The second-order valence-electron chi connectivity index (χ2n) is 7.79. The molecular weight excluding hydrogens is 432 g/mol. The van der Waals surface area contributed by atoms with Gasteiger partial charge in [0.05, 0.1) is 24.0 Å². The number of rotatable bonds is 10. The molecule has 0 saturated heterocycles.